The molecule has 1 aromatic heterocycles. The lowest BCUT2D eigenvalue weighted by atomic mass is 10.0. The highest BCUT2D eigenvalue weighted by Crippen LogP contribution is 2.37. The third-order valence-electron chi connectivity index (χ3n) is 6.14. The average Bonchev–Trinajstić information content (AvgIpc) is 3.68. The van der Waals surface area contributed by atoms with Gasteiger partial charge in [0.2, 0.25) is 11.8 Å². The number of nitrogens with zero attached hydrogens (tertiary/aromatic N) is 2. The molecule has 7 heteroatoms. The van der Waals surface area contributed by atoms with Crippen LogP contribution in [0.15, 0.2) is 35.7 Å². The van der Waals surface area contributed by atoms with Gasteiger partial charge in [-0.2, -0.15) is 0 Å². The first kappa shape index (κ1) is 19.9. The fraction of sp³-hybridized carbons (Fsp3) is 0.478. The van der Waals surface area contributed by atoms with Crippen LogP contribution in [-0.2, 0) is 16.0 Å². The van der Waals surface area contributed by atoms with E-state index in [0.717, 1.165) is 37.9 Å². The van der Waals surface area contributed by atoms with Gasteiger partial charge in [-0.3, -0.25) is 9.59 Å². The van der Waals surface area contributed by atoms with Crippen molar-refractivity contribution in [1.29, 1.82) is 0 Å². The number of carbonyl (C=O) groups excluding carboxylic acids is 2. The van der Waals surface area contributed by atoms with Crippen LogP contribution in [0.4, 0.5) is 0 Å². The summed E-state index contributed by atoms with van der Waals surface area (Å²) in [6.07, 6.45) is 4.83. The minimum Gasteiger partial charge on any atom is -0.491 e. The van der Waals surface area contributed by atoms with Gasteiger partial charge in [0.05, 0.1) is 6.04 Å². The molecule has 1 atom stereocenters. The van der Waals surface area contributed by atoms with E-state index in [0.29, 0.717) is 18.2 Å². The van der Waals surface area contributed by atoms with E-state index < -0.39 is 0 Å². The van der Waals surface area contributed by atoms with Crippen LogP contribution in [0.3, 0.4) is 0 Å². The van der Waals surface area contributed by atoms with Crippen LogP contribution < -0.4 is 4.74 Å². The van der Waals surface area contributed by atoms with E-state index >= 15 is 0 Å². The van der Waals surface area contributed by atoms with Gasteiger partial charge in [0, 0.05) is 28.4 Å². The molecule has 1 aliphatic heterocycles. The fourth-order valence-electron chi connectivity index (χ4n) is 4.16. The molecule has 1 aromatic carbocycles. The molecule has 2 saturated carbocycles. The Morgan fingerprint density at radius 3 is 2.60 bits per heavy atom. The van der Waals surface area contributed by atoms with Crippen molar-refractivity contribution in [3.63, 3.8) is 0 Å². The summed E-state index contributed by atoms with van der Waals surface area (Å²) in [4.78, 5) is 31.1. The molecular weight excluding hydrogens is 420 g/mol. The van der Waals surface area contributed by atoms with Crippen molar-refractivity contribution in [1.82, 2.24) is 9.80 Å². The van der Waals surface area contributed by atoms with E-state index in [-0.39, 0.29) is 36.4 Å². The quantitative estimate of drug-likeness (QED) is 0.639. The zero-order valence-corrected chi connectivity index (χ0v) is 18.3. The molecule has 2 aliphatic carbocycles. The predicted octanol–water partition coefficient (Wildman–Crippen LogP) is 4.31. The maximum Gasteiger partial charge on any atom is 0.242 e. The molecule has 2 aromatic rings. The maximum atomic E-state index is 13.3. The Bertz CT molecular complexity index is 936. The maximum absolute atomic E-state index is 13.3. The van der Waals surface area contributed by atoms with Gasteiger partial charge in [-0.15, -0.1) is 11.3 Å². The Morgan fingerprint density at radius 2 is 1.90 bits per heavy atom. The van der Waals surface area contributed by atoms with Crippen LogP contribution >= 0.6 is 22.9 Å². The summed E-state index contributed by atoms with van der Waals surface area (Å²) in [6, 6.07) is 9.50. The molecule has 0 spiro atoms. The van der Waals surface area contributed by atoms with Crippen molar-refractivity contribution in [2.75, 3.05) is 19.7 Å². The number of ether oxygens (including phenoxy) is 1. The first-order valence-corrected chi connectivity index (χ1v) is 11.9. The summed E-state index contributed by atoms with van der Waals surface area (Å²) in [7, 11) is 0. The first-order chi connectivity index (χ1) is 14.6. The van der Waals surface area contributed by atoms with Crippen molar-refractivity contribution in [2.45, 2.75) is 44.2 Å². The Balaban J connectivity index is 1.32. The van der Waals surface area contributed by atoms with Gasteiger partial charge in [-0.1, -0.05) is 11.6 Å². The molecule has 158 valence electrons. The van der Waals surface area contributed by atoms with Gasteiger partial charge in [0.15, 0.2) is 0 Å². The fourth-order valence-corrected chi connectivity index (χ4v) is 5.21. The van der Waals surface area contributed by atoms with Crippen LogP contribution in [0.5, 0.6) is 5.75 Å². The number of rotatable bonds is 7. The minimum atomic E-state index is -0.139. The van der Waals surface area contributed by atoms with Crippen LogP contribution in [0.25, 0.3) is 0 Å². The molecule has 0 saturated heterocycles. The zero-order valence-electron chi connectivity index (χ0n) is 16.8. The Morgan fingerprint density at radius 1 is 1.13 bits per heavy atom. The predicted molar refractivity (Wildman–Crippen MR) is 117 cm³/mol. The summed E-state index contributed by atoms with van der Waals surface area (Å²) in [5.41, 5.74) is 1.17. The van der Waals surface area contributed by atoms with Crippen molar-refractivity contribution < 1.29 is 14.3 Å². The molecule has 30 heavy (non-hydrogen) atoms. The SMILES string of the molecule is O=C(C1CC1)N(CC(=O)N1CCc2sccc2C1COc1ccc(Cl)cc1)C1CC1. The lowest BCUT2D eigenvalue weighted by molar-refractivity contribution is -0.143. The summed E-state index contributed by atoms with van der Waals surface area (Å²) in [5, 5.41) is 2.75. The summed E-state index contributed by atoms with van der Waals surface area (Å²) in [5.74, 6) is 1.08. The van der Waals surface area contributed by atoms with Gasteiger partial charge < -0.3 is 14.5 Å². The number of benzene rings is 1. The van der Waals surface area contributed by atoms with Crippen LogP contribution in [-0.4, -0.2) is 47.4 Å². The van der Waals surface area contributed by atoms with E-state index in [1.165, 1.54) is 10.4 Å². The standard InChI is InChI=1S/C23H25ClN2O3S/c24-16-3-7-18(8-4-16)29-14-20-19-10-12-30-21(19)9-11-25(20)22(27)13-26(17-5-6-17)23(28)15-1-2-15/h3-4,7-8,10,12,15,17,20H,1-2,5-6,9,11,13-14H2. The second-order valence-electron chi connectivity index (χ2n) is 8.39. The van der Waals surface area contributed by atoms with Gasteiger partial charge in [0.1, 0.15) is 18.9 Å². The lowest BCUT2D eigenvalue weighted by Gasteiger charge is -2.37. The average molecular weight is 445 g/mol. The first-order valence-electron chi connectivity index (χ1n) is 10.6. The molecule has 1 unspecified atom stereocenters. The largest absolute Gasteiger partial charge is 0.491 e. The van der Waals surface area contributed by atoms with Gasteiger partial charge >= 0.3 is 0 Å². The number of hydrogen-bond donors (Lipinski definition) is 0. The van der Waals surface area contributed by atoms with Crippen LogP contribution in [0.1, 0.15) is 42.2 Å². The molecule has 0 bridgehead atoms. The number of thiophene rings is 1. The third kappa shape index (κ3) is 4.21. The molecule has 5 nitrogen and oxygen atoms in total. The molecule has 2 fully saturated rings. The Hall–Kier alpha value is -2.05. The number of amides is 2. The van der Waals surface area contributed by atoms with Crippen LogP contribution in [0, 0.1) is 5.92 Å². The molecule has 0 N–H and O–H groups in total. The summed E-state index contributed by atoms with van der Waals surface area (Å²) >= 11 is 7.71. The van der Waals surface area contributed by atoms with E-state index in [4.69, 9.17) is 16.3 Å². The monoisotopic (exact) mass is 444 g/mol. The highest BCUT2D eigenvalue weighted by Gasteiger charge is 2.42. The van der Waals surface area contributed by atoms with Gasteiger partial charge in [-0.05, 0) is 73.4 Å². The molecule has 5 rings (SSSR count). The van der Waals surface area contributed by atoms with Crippen molar-refractivity contribution in [3.05, 3.63) is 51.2 Å². The van der Waals surface area contributed by atoms with E-state index in [1.54, 1.807) is 23.5 Å². The molecular formula is C23H25ClN2O3S. The Labute approximate surface area is 185 Å². The molecule has 0 radical (unpaired) electrons. The van der Waals surface area contributed by atoms with Gasteiger partial charge in [-0.25, -0.2) is 0 Å². The van der Waals surface area contributed by atoms with Crippen LogP contribution in [0.2, 0.25) is 5.02 Å². The number of fused-ring (bicyclic) bond motifs is 1. The summed E-state index contributed by atoms with van der Waals surface area (Å²) < 4.78 is 6.04. The van der Waals surface area contributed by atoms with Gasteiger partial charge in [0.25, 0.3) is 0 Å². The number of hydrogen-bond acceptors (Lipinski definition) is 4. The molecule has 2 heterocycles. The minimum absolute atomic E-state index is 0.0254. The highest BCUT2D eigenvalue weighted by molar-refractivity contribution is 7.10. The Kier molecular flexibility index (Phi) is 5.46. The van der Waals surface area contributed by atoms with Crippen molar-refractivity contribution in [2.24, 2.45) is 5.92 Å². The van der Waals surface area contributed by atoms with E-state index in [9.17, 15) is 9.59 Å². The molecule has 3 aliphatic rings. The normalized spacial score (nSPS) is 20.6. The van der Waals surface area contributed by atoms with E-state index in [2.05, 4.69) is 11.4 Å². The zero-order chi connectivity index (χ0) is 20.7. The molecule has 2 amide bonds. The second-order valence-corrected chi connectivity index (χ2v) is 9.83. The lowest BCUT2D eigenvalue weighted by Crippen LogP contribution is -2.48. The third-order valence-corrected chi connectivity index (χ3v) is 7.39. The topological polar surface area (TPSA) is 49.9 Å². The van der Waals surface area contributed by atoms with Crippen molar-refractivity contribution >= 4 is 34.8 Å². The van der Waals surface area contributed by atoms with Crippen molar-refractivity contribution in [3.8, 4) is 5.75 Å². The smallest absolute Gasteiger partial charge is 0.242 e. The second kappa shape index (κ2) is 8.23. The summed E-state index contributed by atoms with van der Waals surface area (Å²) in [6.45, 7) is 1.24. The van der Waals surface area contributed by atoms with E-state index in [1.807, 2.05) is 21.9 Å². The number of halogens is 1. The number of carbonyl (C=O) groups is 2. The highest BCUT2D eigenvalue weighted by atomic mass is 35.5.